The van der Waals surface area contributed by atoms with Gasteiger partial charge < -0.3 is 5.32 Å². The summed E-state index contributed by atoms with van der Waals surface area (Å²) in [7, 11) is 0. The fraction of sp³-hybridized carbons (Fsp3) is 0.333. The van der Waals surface area contributed by atoms with Gasteiger partial charge in [-0.05, 0) is 43.7 Å². The summed E-state index contributed by atoms with van der Waals surface area (Å²) in [6.07, 6.45) is 3.35. The second-order valence-electron chi connectivity index (χ2n) is 4.57. The smallest absolute Gasteiger partial charge is 0.149 e. The van der Waals surface area contributed by atoms with E-state index in [0.29, 0.717) is 11.4 Å². The van der Waals surface area contributed by atoms with Gasteiger partial charge in [-0.1, -0.05) is 13.0 Å². The zero-order valence-corrected chi connectivity index (χ0v) is 11.4. The highest BCUT2D eigenvalue weighted by Crippen LogP contribution is 2.26. The predicted molar refractivity (Wildman–Crippen MR) is 73.4 cm³/mol. The quantitative estimate of drug-likeness (QED) is 0.917. The third kappa shape index (κ3) is 2.96. The molecule has 1 aromatic heterocycles. The summed E-state index contributed by atoms with van der Waals surface area (Å²) < 4.78 is 14.3. The van der Waals surface area contributed by atoms with Crippen molar-refractivity contribution in [3.63, 3.8) is 0 Å². The van der Waals surface area contributed by atoms with E-state index in [1.807, 2.05) is 26.8 Å². The first-order chi connectivity index (χ1) is 9.13. The molecule has 100 valence electrons. The molecule has 1 N–H and O–H groups in total. The van der Waals surface area contributed by atoms with Gasteiger partial charge in [0.25, 0.3) is 0 Å². The average molecular weight is 259 g/mol. The fourth-order valence-corrected chi connectivity index (χ4v) is 2.28. The first-order valence-corrected chi connectivity index (χ1v) is 6.40. The van der Waals surface area contributed by atoms with E-state index in [-0.39, 0.29) is 11.9 Å². The topological polar surface area (TPSA) is 37.8 Å². The Hall–Kier alpha value is -1.81. The Morgan fingerprint density at radius 1 is 1.21 bits per heavy atom. The van der Waals surface area contributed by atoms with Gasteiger partial charge in [0.2, 0.25) is 0 Å². The number of halogens is 1. The Kier molecular flexibility index (Phi) is 4.22. The molecule has 1 aromatic carbocycles. The lowest BCUT2D eigenvalue weighted by Crippen LogP contribution is -2.25. The number of aryl methyl sites for hydroxylation is 2. The summed E-state index contributed by atoms with van der Waals surface area (Å²) in [5, 5.41) is 3.25. The molecule has 2 rings (SSSR count). The van der Waals surface area contributed by atoms with Gasteiger partial charge in [-0.25, -0.2) is 14.4 Å². The number of benzene rings is 1. The predicted octanol–water partition coefficient (Wildman–Crippen LogP) is 2.93. The van der Waals surface area contributed by atoms with Crippen molar-refractivity contribution in [2.24, 2.45) is 0 Å². The van der Waals surface area contributed by atoms with Gasteiger partial charge in [-0.15, -0.1) is 0 Å². The van der Waals surface area contributed by atoms with E-state index in [1.165, 1.54) is 0 Å². The fourth-order valence-electron chi connectivity index (χ4n) is 2.28. The van der Waals surface area contributed by atoms with Crippen LogP contribution in [0.4, 0.5) is 4.39 Å². The van der Waals surface area contributed by atoms with Crippen LogP contribution in [-0.4, -0.2) is 16.5 Å². The molecule has 1 atom stereocenters. The lowest BCUT2D eigenvalue weighted by molar-refractivity contribution is 0.539. The molecule has 0 saturated carbocycles. The largest absolute Gasteiger partial charge is 0.304 e. The summed E-state index contributed by atoms with van der Waals surface area (Å²) >= 11 is 0. The monoisotopic (exact) mass is 259 g/mol. The number of nitrogens with one attached hydrogen (secondary N) is 1. The summed E-state index contributed by atoms with van der Waals surface area (Å²) in [5.74, 6) is 0.381. The van der Waals surface area contributed by atoms with Gasteiger partial charge in [-0.3, -0.25) is 0 Å². The van der Waals surface area contributed by atoms with Gasteiger partial charge in [-0.2, -0.15) is 0 Å². The SMILES string of the molecule is CCNC(c1ncccn1)c1c(C)cc(C)cc1F. The van der Waals surface area contributed by atoms with Gasteiger partial charge in [0.15, 0.2) is 0 Å². The van der Waals surface area contributed by atoms with Crippen molar-refractivity contribution >= 4 is 0 Å². The van der Waals surface area contributed by atoms with E-state index in [1.54, 1.807) is 24.5 Å². The molecule has 0 spiro atoms. The zero-order valence-electron chi connectivity index (χ0n) is 11.4. The second-order valence-corrected chi connectivity index (χ2v) is 4.57. The molecule has 0 amide bonds. The first-order valence-electron chi connectivity index (χ1n) is 6.40. The Labute approximate surface area is 112 Å². The van der Waals surface area contributed by atoms with Gasteiger partial charge in [0.05, 0.1) is 6.04 Å². The average Bonchev–Trinajstić information content (AvgIpc) is 2.37. The third-order valence-electron chi connectivity index (χ3n) is 3.02. The van der Waals surface area contributed by atoms with Crippen LogP contribution in [0.2, 0.25) is 0 Å². The second kappa shape index (κ2) is 5.89. The molecule has 0 aliphatic carbocycles. The minimum atomic E-state index is -0.313. The molecule has 4 heteroatoms. The maximum Gasteiger partial charge on any atom is 0.149 e. The normalized spacial score (nSPS) is 12.4. The number of aromatic nitrogens is 2. The van der Waals surface area contributed by atoms with Crippen LogP contribution in [0.5, 0.6) is 0 Å². The summed E-state index contributed by atoms with van der Waals surface area (Å²) in [5.41, 5.74) is 2.46. The third-order valence-corrected chi connectivity index (χ3v) is 3.02. The minimum Gasteiger partial charge on any atom is -0.304 e. The number of rotatable bonds is 4. The van der Waals surface area contributed by atoms with Crippen molar-refractivity contribution in [3.8, 4) is 0 Å². The highest BCUT2D eigenvalue weighted by atomic mass is 19.1. The molecule has 0 bridgehead atoms. The molecule has 0 radical (unpaired) electrons. The Morgan fingerprint density at radius 3 is 2.47 bits per heavy atom. The van der Waals surface area contributed by atoms with Crippen molar-refractivity contribution in [2.45, 2.75) is 26.8 Å². The molecule has 0 fully saturated rings. The number of hydrogen-bond acceptors (Lipinski definition) is 3. The molecular formula is C15H18FN3. The lowest BCUT2D eigenvalue weighted by atomic mass is 9.97. The van der Waals surface area contributed by atoms with Crippen LogP contribution in [-0.2, 0) is 0 Å². The Bertz CT molecular complexity index is 532. The van der Waals surface area contributed by atoms with Gasteiger partial charge in [0, 0.05) is 18.0 Å². The first kappa shape index (κ1) is 13.6. The van der Waals surface area contributed by atoms with E-state index in [2.05, 4.69) is 15.3 Å². The summed E-state index contributed by atoms with van der Waals surface area (Å²) in [6, 6.07) is 4.97. The molecule has 1 unspecified atom stereocenters. The molecule has 1 heterocycles. The maximum absolute atomic E-state index is 14.3. The van der Waals surface area contributed by atoms with Crippen molar-refractivity contribution in [3.05, 3.63) is 58.9 Å². The van der Waals surface area contributed by atoms with E-state index >= 15 is 0 Å². The highest BCUT2D eigenvalue weighted by molar-refractivity contribution is 5.37. The molecule has 19 heavy (non-hydrogen) atoms. The molecule has 0 aliphatic rings. The standard InChI is InChI=1S/C15H18FN3/c1-4-17-14(15-18-6-5-7-19-15)13-11(3)8-10(2)9-12(13)16/h5-9,14,17H,4H2,1-3H3. The van der Waals surface area contributed by atoms with Crippen molar-refractivity contribution in [1.82, 2.24) is 15.3 Å². The number of hydrogen-bond donors (Lipinski definition) is 1. The summed E-state index contributed by atoms with van der Waals surface area (Å²) in [6.45, 7) is 6.51. The molecular weight excluding hydrogens is 241 g/mol. The van der Waals surface area contributed by atoms with E-state index in [0.717, 1.165) is 17.7 Å². The maximum atomic E-state index is 14.3. The van der Waals surface area contributed by atoms with Gasteiger partial charge in [0.1, 0.15) is 11.6 Å². The van der Waals surface area contributed by atoms with Crippen LogP contribution >= 0.6 is 0 Å². The van der Waals surface area contributed by atoms with Crippen molar-refractivity contribution < 1.29 is 4.39 Å². The van der Waals surface area contributed by atoms with Crippen LogP contribution in [0.25, 0.3) is 0 Å². The van der Waals surface area contributed by atoms with Crippen LogP contribution in [0, 0.1) is 19.7 Å². The van der Waals surface area contributed by atoms with Crippen LogP contribution in [0.3, 0.4) is 0 Å². The van der Waals surface area contributed by atoms with Crippen LogP contribution in [0.15, 0.2) is 30.6 Å². The van der Waals surface area contributed by atoms with E-state index in [9.17, 15) is 4.39 Å². The molecule has 0 aliphatic heterocycles. The minimum absolute atomic E-state index is 0.212. The van der Waals surface area contributed by atoms with Crippen molar-refractivity contribution in [1.29, 1.82) is 0 Å². The lowest BCUT2D eigenvalue weighted by Gasteiger charge is -2.20. The van der Waals surface area contributed by atoms with Gasteiger partial charge >= 0.3 is 0 Å². The van der Waals surface area contributed by atoms with E-state index in [4.69, 9.17) is 0 Å². The highest BCUT2D eigenvalue weighted by Gasteiger charge is 2.21. The summed E-state index contributed by atoms with van der Waals surface area (Å²) in [4.78, 5) is 8.48. The Balaban J connectivity index is 2.51. The number of nitrogens with zero attached hydrogens (tertiary/aromatic N) is 2. The molecule has 0 saturated heterocycles. The van der Waals surface area contributed by atoms with Crippen LogP contribution < -0.4 is 5.32 Å². The molecule has 2 aromatic rings. The van der Waals surface area contributed by atoms with E-state index < -0.39 is 0 Å². The molecule has 3 nitrogen and oxygen atoms in total. The Morgan fingerprint density at radius 2 is 1.89 bits per heavy atom. The van der Waals surface area contributed by atoms with Crippen LogP contribution in [0.1, 0.15) is 35.5 Å². The van der Waals surface area contributed by atoms with Crippen molar-refractivity contribution in [2.75, 3.05) is 6.54 Å². The zero-order chi connectivity index (χ0) is 13.8.